The smallest absolute Gasteiger partial charge is 0.0700 e. The lowest BCUT2D eigenvalue weighted by atomic mass is 10.0. The maximum Gasteiger partial charge on any atom is 0.0700 e. The minimum Gasteiger partial charge on any atom is -0.361 e. The number of aromatic nitrogens is 1. The van der Waals surface area contributed by atoms with E-state index in [1.165, 1.54) is 5.39 Å². The van der Waals surface area contributed by atoms with Crippen LogP contribution in [0.15, 0.2) is 30.5 Å². The molecule has 1 heterocycles. The van der Waals surface area contributed by atoms with Gasteiger partial charge in [-0.15, -0.1) is 0 Å². The van der Waals surface area contributed by atoms with Crippen LogP contribution in [-0.4, -0.2) is 4.98 Å². The first-order valence-electron chi connectivity index (χ1n) is 4.28. The van der Waals surface area contributed by atoms with Gasteiger partial charge in [0, 0.05) is 11.7 Å². The van der Waals surface area contributed by atoms with Crippen LogP contribution in [-0.2, 0) is 0 Å². The van der Waals surface area contributed by atoms with Crippen molar-refractivity contribution in [2.24, 2.45) is 0 Å². The number of rotatable bonds is 1. The average Bonchev–Trinajstić information content (AvgIpc) is 2.63. The summed E-state index contributed by atoms with van der Waals surface area (Å²) in [6, 6.07) is 10.3. The molecule has 13 heavy (non-hydrogen) atoms. The molecule has 0 amide bonds. The third kappa shape index (κ3) is 1.29. The molecule has 0 fully saturated rings. The fraction of sp³-hybridized carbons (Fsp3) is 0.182. The van der Waals surface area contributed by atoms with Crippen LogP contribution in [0.5, 0.6) is 0 Å². The summed E-state index contributed by atoms with van der Waals surface area (Å²) in [6.45, 7) is 1.91. The largest absolute Gasteiger partial charge is 0.361 e. The summed E-state index contributed by atoms with van der Waals surface area (Å²) in [6.07, 6.45) is 1.91. The van der Waals surface area contributed by atoms with Crippen molar-refractivity contribution in [3.05, 3.63) is 36.0 Å². The van der Waals surface area contributed by atoms with Crippen LogP contribution in [0.2, 0.25) is 0 Å². The number of fused-ring (bicyclic) bond motifs is 1. The Bertz CT molecular complexity index is 462. The van der Waals surface area contributed by atoms with Gasteiger partial charge in [-0.2, -0.15) is 5.26 Å². The Balaban J connectivity index is 2.55. The fourth-order valence-corrected chi connectivity index (χ4v) is 1.42. The highest BCUT2D eigenvalue weighted by Crippen LogP contribution is 2.19. The van der Waals surface area contributed by atoms with Gasteiger partial charge in [0.2, 0.25) is 0 Å². The van der Waals surface area contributed by atoms with Gasteiger partial charge in [0.1, 0.15) is 0 Å². The summed E-state index contributed by atoms with van der Waals surface area (Å²) >= 11 is 0. The van der Waals surface area contributed by atoms with E-state index in [1.54, 1.807) is 0 Å². The molecule has 2 nitrogen and oxygen atoms in total. The maximum absolute atomic E-state index is 8.75. The van der Waals surface area contributed by atoms with Gasteiger partial charge < -0.3 is 4.98 Å². The predicted molar refractivity (Wildman–Crippen MR) is 52.3 cm³/mol. The van der Waals surface area contributed by atoms with Gasteiger partial charge in [-0.1, -0.05) is 6.07 Å². The molecule has 2 rings (SSSR count). The number of nitrogens with zero attached hydrogens (tertiary/aromatic N) is 1. The second-order valence-corrected chi connectivity index (χ2v) is 3.18. The van der Waals surface area contributed by atoms with E-state index in [2.05, 4.69) is 17.1 Å². The van der Waals surface area contributed by atoms with E-state index < -0.39 is 0 Å². The molecular weight excluding hydrogens is 160 g/mol. The third-order valence-corrected chi connectivity index (χ3v) is 2.27. The quantitative estimate of drug-likeness (QED) is 0.702. The SMILES string of the molecule is CC(C#N)c1ccc2[nH]ccc2c1. The number of nitrogens with one attached hydrogen (secondary N) is 1. The molecule has 2 heteroatoms. The number of aromatic amines is 1. The Labute approximate surface area is 76.8 Å². The molecule has 0 aliphatic rings. The van der Waals surface area contributed by atoms with Crippen molar-refractivity contribution >= 4 is 10.9 Å². The lowest BCUT2D eigenvalue weighted by molar-refractivity contribution is 0.985. The lowest BCUT2D eigenvalue weighted by Crippen LogP contribution is -1.87. The molecule has 0 aliphatic carbocycles. The monoisotopic (exact) mass is 170 g/mol. The van der Waals surface area contributed by atoms with Crippen molar-refractivity contribution in [2.75, 3.05) is 0 Å². The van der Waals surface area contributed by atoms with Gasteiger partial charge >= 0.3 is 0 Å². The van der Waals surface area contributed by atoms with Crippen LogP contribution in [0.3, 0.4) is 0 Å². The summed E-state index contributed by atoms with van der Waals surface area (Å²) in [4.78, 5) is 3.12. The lowest BCUT2D eigenvalue weighted by Gasteiger charge is -2.01. The minimum atomic E-state index is -0.0284. The van der Waals surface area contributed by atoms with Crippen LogP contribution in [0.1, 0.15) is 18.4 Å². The normalized spacial score (nSPS) is 12.6. The van der Waals surface area contributed by atoms with Crippen LogP contribution < -0.4 is 0 Å². The summed E-state index contributed by atoms with van der Waals surface area (Å²) < 4.78 is 0. The molecule has 1 N–H and O–H groups in total. The maximum atomic E-state index is 8.75. The Morgan fingerprint density at radius 2 is 2.23 bits per heavy atom. The summed E-state index contributed by atoms with van der Waals surface area (Å²) in [7, 11) is 0. The predicted octanol–water partition coefficient (Wildman–Crippen LogP) is 2.79. The van der Waals surface area contributed by atoms with Gasteiger partial charge in [-0.3, -0.25) is 0 Å². The molecular formula is C11H10N2. The molecule has 0 saturated carbocycles. The van der Waals surface area contributed by atoms with Crippen molar-refractivity contribution in [1.29, 1.82) is 5.26 Å². The third-order valence-electron chi connectivity index (χ3n) is 2.27. The Morgan fingerprint density at radius 1 is 1.38 bits per heavy atom. The molecule has 64 valence electrons. The van der Waals surface area contributed by atoms with E-state index >= 15 is 0 Å². The zero-order chi connectivity index (χ0) is 9.26. The van der Waals surface area contributed by atoms with Crippen LogP contribution in [0.25, 0.3) is 10.9 Å². The number of hydrogen-bond donors (Lipinski definition) is 1. The highest BCUT2D eigenvalue weighted by Gasteiger charge is 2.04. The number of benzene rings is 1. The summed E-state index contributed by atoms with van der Waals surface area (Å²) in [5.74, 6) is -0.0284. The summed E-state index contributed by atoms with van der Waals surface area (Å²) in [5, 5.41) is 9.92. The number of hydrogen-bond acceptors (Lipinski definition) is 1. The highest BCUT2D eigenvalue weighted by atomic mass is 14.7. The Hall–Kier alpha value is -1.75. The first-order valence-corrected chi connectivity index (χ1v) is 4.28. The summed E-state index contributed by atoms with van der Waals surface area (Å²) in [5.41, 5.74) is 2.20. The Morgan fingerprint density at radius 3 is 3.00 bits per heavy atom. The average molecular weight is 170 g/mol. The van der Waals surface area contributed by atoms with Crippen molar-refractivity contribution in [2.45, 2.75) is 12.8 Å². The van der Waals surface area contributed by atoms with Gasteiger partial charge in [0.05, 0.1) is 12.0 Å². The van der Waals surface area contributed by atoms with Crippen molar-refractivity contribution < 1.29 is 0 Å². The number of nitriles is 1. The van der Waals surface area contributed by atoms with Gasteiger partial charge in [-0.05, 0) is 36.1 Å². The molecule has 0 bridgehead atoms. The molecule has 1 unspecified atom stereocenters. The second kappa shape index (κ2) is 2.95. The molecule has 1 aromatic carbocycles. The van der Waals surface area contributed by atoms with Crippen molar-refractivity contribution in [3.8, 4) is 6.07 Å². The van der Waals surface area contributed by atoms with Crippen LogP contribution >= 0.6 is 0 Å². The van der Waals surface area contributed by atoms with Gasteiger partial charge in [-0.25, -0.2) is 0 Å². The van der Waals surface area contributed by atoms with E-state index in [9.17, 15) is 0 Å². The van der Waals surface area contributed by atoms with E-state index in [0.29, 0.717) is 0 Å². The molecule has 0 saturated heterocycles. The zero-order valence-corrected chi connectivity index (χ0v) is 7.41. The second-order valence-electron chi connectivity index (χ2n) is 3.18. The van der Waals surface area contributed by atoms with Crippen molar-refractivity contribution in [3.63, 3.8) is 0 Å². The van der Waals surface area contributed by atoms with E-state index in [0.717, 1.165) is 11.1 Å². The first-order chi connectivity index (χ1) is 6.31. The zero-order valence-electron chi connectivity index (χ0n) is 7.41. The molecule has 1 aromatic heterocycles. The molecule has 1 atom stereocenters. The fourth-order valence-electron chi connectivity index (χ4n) is 1.42. The van der Waals surface area contributed by atoms with Crippen molar-refractivity contribution in [1.82, 2.24) is 4.98 Å². The van der Waals surface area contributed by atoms with Crippen LogP contribution in [0, 0.1) is 11.3 Å². The van der Waals surface area contributed by atoms with E-state index in [-0.39, 0.29) is 5.92 Å². The van der Waals surface area contributed by atoms with Gasteiger partial charge in [0.15, 0.2) is 0 Å². The molecule has 0 aliphatic heterocycles. The molecule has 0 radical (unpaired) electrons. The Kier molecular flexibility index (Phi) is 1.79. The topological polar surface area (TPSA) is 39.6 Å². The first kappa shape index (κ1) is 7.88. The number of H-pyrrole nitrogens is 1. The minimum absolute atomic E-state index is 0.0284. The van der Waals surface area contributed by atoms with Crippen LogP contribution in [0.4, 0.5) is 0 Å². The molecule has 2 aromatic rings. The van der Waals surface area contributed by atoms with Gasteiger partial charge in [0.25, 0.3) is 0 Å². The standard InChI is InChI=1S/C11H10N2/c1-8(7-12)9-2-3-11-10(6-9)4-5-13-11/h2-6,8,13H,1H3. The highest BCUT2D eigenvalue weighted by molar-refractivity contribution is 5.80. The molecule has 0 spiro atoms. The van der Waals surface area contributed by atoms with E-state index in [1.807, 2.05) is 31.3 Å². The van der Waals surface area contributed by atoms with E-state index in [4.69, 9.17) is 5.26 Å².